The van der Waals surface area contributed by atoms with Crippen LogP contribution in [0.25, 0.3) is 0 Å². The molecule has 1 aliphatic heterocycles. The summed E-state index contributed by atoms with van der Waals surface area (Å²) in [5, 5.41) is 8.89. The van der Waals surface area contributed by atoms with Gasteiger partial charge in [-0.15, -0.1) is 0 Å². The van der Waals surface area contributed by atoms with Crippen LogP contribution in [0, 0.1) is 11.8 Å². The Balaban J connectivity index is 2.11. The van der Waals surface area contributed by atoms with Crippen LogP contribution in [-0.2, 0) is 14.8 Å². The Morgan fingerprint density at radius 2 is 2.11 bits per heavy atom. The van der Waals surface area contributed by atoms with E-state index in [1.165, 1.54) is 10.4 Å². The van der Waals surface area contributed by atoms with E-state index < -0.39 is 21.9 Å². The summed E-state index contributed by atoms with van der Waals surface area (Å²) in [6.45, 7) is 2.14. The predicted octanol–water partition coefficient (Wildman–Crippen LogP) is 1.79. The summed E-state index contributed by atoms with van der Waals surface area (Å²) < 4.78 is 26.5. The standard InChI is InChI=1S/C12H14BrNO4S/c1-8(12(15)16)9-6-14(7-9)19(17,18)11-4-2-3-10(13)5-11/h2-5,8-9H,6-7H2,1H3,(H,15,16). The zero-order valence-electron chi connectivity index (χ0n) is 10.3. The highest BCUT2D eigenvalue weighted by atomic mass is 79.9. The van der Waals surface area contributed by atoms with Crippen molar-refractivity contribution in [1.29, 1.82) is 0 Å². The molecule has 1 aromatic rings. The fourth-order valence-corrected chi connectivity index (χ4v) is 4.11. The van der Waals surface area contributed by atoms with E-state index in [2.05, 4.69) is 15.9 Å². The highest BCUT2D eigenvalue weighted by Crippen LogP contribution is 2.30. The first-order valence-corrected chi connectivity index (χ1v) is 8.04. The van der Waals surface area contributed by atoms with Gasteiger partial charge in [0.15, 0.2) is 0 Å². The van der Waals surface area contributed by atoms with Gasteiger partial charge in [-0.3, -0.25) is 4.79 Å². The molecule has 0 radical (unpaired) electrons. The lowest BCUT2D eigenvalue weighted by molar-refractivity contribution is -0.144. The van der Waals surface area contributed by atoms with Gasteiger partial charge in [-0.2, -0.15) is 4.31 Å². The summed E-state index contributed by atoms with van der Waals surface area (Å²) >= 11 is 3.24. The fraction of sp³-hybridized carbons (Fsp3) is 0.417. The molecule has 1 aliphatic rings. The topological polar surface area (TPSA) is 74.7 Å². The average Bonchev–Trinajstić information content (AvgIpc) is 2.26. The van der Waals surface area contributed by atoms with Gasteiger partial charge in [-0.1, -0.05) is 28.9 Å². The molecule has 1 N–H and O–H groups in total. The Labute approximate surface area is 120 Å². The van der Waals surface area contributed by atoms with Crippen LogP contribution in [-0.4, -0.2) is 36.9 Å². The highest BCUT2D eigenvalue weighted by Gasteiger charge is 2.41. The average molecular weight is 348 g/mol. The molecular weight excluding hydrogens is 334 g/mol. The van der Waals surface area contributed by atoms with Crippen molar-refractivity contribution in [1.82, 2.24) is 4.31 Å². The number of hydrogen-bond acceptors (Lipinski definition) is 3. The van der Waals surface area contributed by atoms with Crippen LogP contribution in [0.2, 0.25) is 0 Å². The van der Waals surface area contributed by atoms with Crippen LogP contribution in [0.4, 0.5) is 0 Å². The van der Waals surface area contributed by atoms with E-state index in [9.17, 15) is 13.2 Å². The highest BCUT2D eigenvalue weighted by molar-refractivity contribution is 9.10. The molecule has 0 amide bonds. The molecule has 1 aromatic carbocycles. The monoisotopic (exact) mass is 347 g/mol. The molecule has 1 saturated heterocycles. The fourth-order valence-electron chi connectivity index (χ4n) is 1.96. The summed E-state index contributed by atoms with van der Waals surface area (Å²) in [6.07, 6.45) is 0. The molecule has 7 heteroatoms. The Kier molecular flexibility index (Phi) is 3.98. The molecule has 1 heterocycles. The molecule has 5 nitrogen and oxygen atoms in total. The van der Waals surface area contributed by atoms with E-state index in [0.29, 0.717) is 4.47 Å². The molecule has 2 rings (SSSR count). The van der Waals surface area contributed by atoms with Crippen molar-refractivity contribution in [3.8, 4) is 0 Å². The lowest BCUT2D eigenvalue weighted by Gasteiger charge is -2.39. The number of carboxylic acid groups (broad SMARTS) is 1. The molecule has 1 fully saturated rings. The molecule has 0 bridgehead atoms. The second kappa shape index (κ2) is 5.22. The minimum Gasteiger partial charge on any atom is -0.481 e. The van der Waals surface area contributed by atoms with Gasteiger partial charge in [0, 0.05) is 17.6 Å². The lowest BCUT2D eigenvalue weighted by Crippen LogP contribution is -2.53. The molecule has 104 valence electrons. The maximum absolute atomic E-state index is 12.3. The predicted molar refractivity (Wildman–Crippen MR) is 73.2 cm³/mol. The number of carboxylic acids is 1. The summed E-state index contributed by atoms with van der Waals surface area (Å²) in [5.41, 5.74) is 0. The van der Waals surface area contributed by atoms with Crippen molar-refractivity contribution in [2.45, 2.75) is 11.8 Å². The number of nitrogens with zero attached hydrogens (tertiary/aromatic N) is 1. The van der Waals surface area contributed by atoms with E-state index >= 15 is 0 Å². The van der Waals surface area contributed by atoms with Gasteiger partial charge in [-0.25, -0.2) is 8.42 Å². The Morgan fingerprint density at radius 1 is 1.47 bits per heavy atom. The summed E-state index contributed by atoms with van der Waals surface area (Å²) in [7, 11) is -3.51. The van der Waals surface area contributed by atoms with E-state index in [4.69, 9.17) is 5.11 Å². The van der Waals surface area contributed by atoms with Gasteiger partial charge >= 0.3 is 5.97 Å². The zero-order chi connectivity index (χ0) is 14.2. The van der Waals surface area contributed by atoms with E-state index in [-0.39, 0.29) is 23.9 Å². The SMILES string of the molecule is CC(C(=O)O)C1CN(S(=O)(=O)c2cccc(Br)c2)C1. The number of halogens is 1. The number of aliphatic carboxylic acids is 1. The molecular formula is C12H14BrNO4S. The van der Waals surface area contributed by atoms with Gasteiger partial charge in [0.2, 0.25) is 10.0 Å². The molecule has 0 saturated carbocycles. The molecule has 1 unspecified atom stereocenters. The number of rotatable bonds is 4. The number of carbonyl (C=O) groups is 1. The van der Waals surface area contributed by atoms with Crippen LogP contribution >= 0.6 is 15.9 Å². The van der Waals surface area contributed by atoms with Crippen molar-refractivity contribution in [3.05, 3.63) is 28.7 Å². The van der Waals surface area contributed by atoms with Gasteiger partial charge < -0.3 is 5.11 Å². The largest absolute Gasteiger partial charge is 0.481 e. The van der Waals surface area contributed by atoms with Crippen molar-refractivity contribution in [3.63, 3.8) is 0 Å². The van der Waals surface area contributed by atoms with Crippen molar-refractivity contribution >= 4 is 31.9 Å². The van der Waals surface area contributed by atoms with E-state index in [1.807, 2.05) is 0 Å². The summed E-state index contributed by atoms with van der Waals surface area (Å²) in [4.78, 5) is 11.1. The minimum absolute atomic E-state index is 0.112. The first-order chi connectivity index (χ1) is 8.82. The van der Waals surface area contributed by atoms with Crippen LogP contribution in [0.15, 0.2) is 33.6 Å². The van der Waals surface area contributed by atoms with Crippen molar-refractivity contribution in [2.75, 3.05) is 13.1 Å². The molecule has 0 spiro atoms. The van der Waals surface area contributed by atoms with E-state index in [1.54, 1.807) is 25.1 Å². The van der Waals surface area contributed by atoms with Gasteiger partial charge in [0.05, 0.1) is 10.8 Å². The van der Waals surface area contributed by atoms with Gasteiger partial charge in [-0.05, 0) is 24.1 Å². The zero-order valence-corrected chi connectivity index (χ0v) is 12.7. The Bertz CT molecular complexity index is 596. The normalized spacial score (nSPS) is 18.8. The van der Waals surface area contributed by atoms with E-state index in [0.717, 1.165) is 0 Å². The van der Waals surface area contributed by atoms with Gasteiger partial charge in [0.25, 0.3) is 0 Å². The second-order valence-electron chi connectivity index (χ2n) is 4.67. The number of sulfonamides is 1. The van der Waals surface area contributed by atoms with Crippen LogP contribution in [0.3, 0.4) is 0 Å². The summed E-state index contributed by atoms with van der Waals surface area (Å²) in [6, 6.07) is 6.50. The van der Waals surface area contributed by atoms with Gasteiger partial charge in [0.1, 0.15) is 0 Å². The maximum atomic E-state index is 12.3. The molecule has 1 atom stereocenters. The Morgan fingerprint density at radius 3 is 2.63 bits per heavy atom. The Hall–Kier alpha value is -0.920. The number of benzene rings is 1. The van der Waals surface area contributed by atoms with Crippen molar-refractivity contribution in [2.24, 2.45) is 11.8 Å². The molecule has 19 heavy (non-hydrogen) atoms. The first kappa shape index (κ1) is 14.5. The van der Waals surface area contributed by atoms with Crippen LogP contribution in [0.1, 0.15) is 6.92 Å². The smallest absolute Gasteiger partial charge is 0.306 e. The minimum atomic E-state index is -3.51. The second-order valence-corrected chi connectivity index (χ2v) is 7.52. The maximum Gasteiger partial charge on any atom is 0.306 e. The molecule has 0 aromatic heterocycles. The summed E-state index contributed by atoms with van der Waals surface area (Å²) in [5.74, 6) is -1.52. The number of hydrogen-bond donors (Lipinski definition) is 1. The quantitative estimate of drug-likeness (QED) is 0.900. The third-order valence-corrected chi connectivity index (χ3v) is 5.73. The lowest BCUT2D eigenvalue weighted by atomic mass is 9.89. The third kappa shape index (κ3) is 2.82. The van der Waals surface area contributed by atoms with Crippen molar-refractivity contribution < 1.29 is 18.3 Å². The molecule has 0 aliphatic carbocycles. The van der Waals surface area contributed by atoms with Crippen LogP contribution < -0.4 is 0 Å². The third-order valence-electron chi connectivity index (χ3n) is 3.41. The van der Waals surface area contributed by atoms with Crippen LogP contribution in [0.5, 0.6) is 0 Å². The first-order valence-electron chi connectivity index (χ1n) is 5.81.